The van der Waals surface area contributed by atoms with Gasteiger partial charge in [-0.3, -0.25) is 0 Å². The van der Waals surface area contributed by atoms with E-state index < -0.39 is 0 Å². The van der Waals surface area contributed by atoms with Gasteiger partial charge in [0.15, 0.2) is 5.82 Å². The second-order valence-corrected chi connectivity index (χ2v) is 15.0. The molecule has 0 atom stereocenters. The molecule has 1 aliphatic rings. The third-order valence-electron chi connectivity index (χ3n) is 11.4. The predicted octanol–water partition coefficient (Wildman–Crippen LogP) is 13.7. The summed E-state index contributed by atoms with van der Waals surface area (Å²) in [4.78, 5) is 10.5. The van der Waals surface area contributed by atoms with Crippen molar-refractivity contribution >= 4 is 43.5 Å². The molecule has 254 valence electrons. The lowest BCUT2D eigenvalue weighted by molar-refractivity contribution is 0.661. The average Bonchev–Trinajstić information content (AvgIpc) is 3.70. The van der Waals surface area contributed by atoms with Crippen LogP contribution in [0.4, 0.5) is 0 Å². The molecule has 8 aromatic carbocycles. The Balaban J connectivity index is 1.04. The highest BCUT2D eigenvalue weighted by Crippen LogP contribution is 2.53. The SMILES string of the molecule is CC1(C)c2cc3ccccc3cc2-c2c(-c3cc(-c4ccc5cc(-c6ccc7c(c6)oc6ccccc67)ccc5c4)nc(-c4ccccc4)n3)cccc21. The average molecular weight is 691 g/mol. The highest BCUT2D eigenvalue weighted by Gasteiger charge is 2.37. The lowest BCUT2D eigenvalue weighted by Gasteiger charge is -2.22. The highest BCUT2D eigenvalue weighted by molar-refractivity contribution is 6.06. The molecule has 0 saturated heterocycles. The van der Waals surface area contributed by atoms with Gasteiger partial charge < -0.3 is 4.42 Å². The number of rotatable bonds is 4. The molecule has 0 spiro atoms. The zero-order chi connectivity index (χ0) is 36.0. The summed E-state index contributed by atoms with van der Waals surface area (Å²) < 4.78 is 6.21. The number of hydrogen-bond acceptors (Lipinski definition) is 3. The second-order valence-electron chi connectivity index (χ2n) is 15.0. The van der Waals surface area contributed by atoms with Crippen LogP contribution in [0.3, 0.4) is 0 Å². The maximum atomic E-state index is 6.21. The molecule has 54 heavy (non-hydrogen) atoms. The molecule has 0 aliphatic heterocycles. The van der Waals surface area contributed by atoms with Gasteiger partial charge in [-0.25, -0.2) is 9.97 Å². The molecule has 0 amide bonds. The molecule has 11 rings (SSSR count). The quantitative estimate of drug-likeness (QED) is 0.184. The van der Waals surface area contributed by atoms with E-state index in [9.17, 15) is 0 Å². The van der Waals surface area contributed by atoms with Crippen molar-refractivity contribution < 1.29 is 4.42 Å². The van der Waals surface area contributed by atoms with Crippen molar-refractivity contribution in [1.82, 2.24) is 9.97 Å². The predicted molar refractivity (Wildman–Crippen MR) is 224 cm³/mol. The molecule has 0 radical (unpaired) electrons. The van der Waals surface area contributed by atoms with Crippen molar-refractivity contribution in [3.8, 4) is 56.2 Å². The fourth-order valence-electron chi connectivity index (χ4n) is 8.63. The van der Waals surface area contributed by atoms with Crippen molar-refractivity contribution in [3.05, 3.63) is 181 Å². The van der Waals surface area contributed by atoms with E-state index in [0.29, 0.717) is 5.82 Å². The van der Waals surface area contributed by atoms with Crippen molar-refractivity contribution in [2.75, 3.05) is 0 Å². The Morgan fingerprint density at radius 1 is 0.407 bits per heavy atom. The Bertz CT molecular complexity index is 3130. The minimum atomic E-state index is -0.141. The summed E-state index contributed by atoms with van der Waals surface area (Å²) >= 11 is 0. The number of nitrogens with zero attached hydrogens (tertiary/aromatic N) is 2. The highest BCUT2D eigenvalue weighted by atomic mass is 16.3. The minimum absolute atomic E-state index is 0.141. The van der Waals surface area contributed by atoms with Gasteiger partial charge in [0, 0.05) is 32.9 Å². The molecule has 0 unspecified atom stereocenters. The Hall–Kier alpha value is -6.84. The summed E-state index contributed by atoms with van der Waals surface area (Å²) in [5.74, 6) is 0.716. The summed E-state index contributed by atoms with van der Waals surface area (Å²) in [7, 11) is 0. The van der Waals surface area contributed by atoms with Crippen LogP contribution < -0.4 is 0 Å². The third kappa shape index (κ3) is 4.75. The van der Waals surface area contributed by atoms with Crippen LogP contribution in [0.15, 0.2) is 174 Å². The molecule has 10 aromatic rings. The molecular weight excluding hydrogens is 657 g/mol. The van der Waals surface area contributed by atoms with Crippen molar-refractivity contribution in [1.29, 1.82) is 0 Å². The van der Waals surface area contributed by atoms with Crippen LogP contribution in [0.25, 0.3) is 99.6 Å². The number of aromatic nitrogens is 2. The smallest absolute Gasteiger partial charge is 0.160 e. The fraction of sp³-hybridized carbons (Fsp3) is 0.0588. The molecule has 0 fully saturated rings. The van der Waals surface area contributed by atoms with E-state index in [4.69, 9.17) is 14.4 Å². The zero-order valence-corrected chi connectivity index (χ0v) is 30.0. The van der Waals surface area contributed by atoms with Crippen molar-refractivity contribution in [2.45, 2.75) is 19.3 Å². The van der Waals surface area contributed by atoms with Crippen LogP contribution in [0.1, 0.15) is 25.0 Å². The summed E-state index contributed by atoms with van der Waals surface area (Å²) in [5.41, 5.74) is 14.2. The van der Waals surface area contributed by atoms with E-state index in [1.165, 1.54) is 38.4 Å². The number of hydrogen-bond donors (Lipinski definition) is 0. The summed E-state index contributed by atoms with van der Waals surface area (Å²) in [5, 5.41) is 7.13. The summed E-state index contributed by atoms with van der Waals surface area (Å²) in [6.45, 7) is 4.68. The van der Waals surface area contributed by atoms with Crippen LogP contribution in [0.2, 0.25) is 0 Å². The van der Waals surface area contributed by atoms with E-state index in [0.717, 1.165) is 66.5 Å². The van der Waals surface area contributed by atoms with E-state index in [1.54, 1.807) is 0 Å². The zero-order valence-electron chi connectivity index (χ0n) is 30.0. The standard InChI is InChI=1S/C51H34N2O/c1-51(2)43-17-10-16-41(49(43)42-27-32-13-6-7-14-33(32)28-44(42)51)46-30-45(52-50(53-46)31-11-4-3-5-12-31)38-22-21-34-25-35(19-20-36(34)26-38)37-23-24-40-39-15-8-9-18-47(39)54-48(40)29-37/h3-30H,1-2H3. The van der Waals surface area contributed by atoms with Crippen LogP contribution in [0.5, 0.6) is 0 Å². The monoisotopic (exact) mass is 690 g/mol. The topological polar surface area (TPSA) is 38.9 Å². The van der Waals surface area contributed by atoms with Crippen molar-refractivity contribution in [2.24, 2.45) is 0 Å². The van der Waals surface area contributed by atoms with Gasteiger partial charge in [0.1, 0.15) is 11.2 Å². The minimum Gasteiger partial charge on any atom is -0.456 e. The van der Waals surface area contributed by atoms with Gasteiger partial charge in [0.05, 0.1) is 11.4 Å². The largest absolute Gasteiger partial charge is 0.456 e. The normalized spacial score (nSPS) is 13.1. The molecule has 0 saturated carbocycles. The van der Waals surface area contributed by atoms with Gasteiger partial charge in [-0.2, -0.15) is 0 Å². The molecule has 3 heteroatoms. The molecule has 0 N–H and O–H groups in total. The molecule has 1 aliphatic carbocycles. The van der Waals surface area contributed by atoms with Gasteiger partial charge in [-0.05, 0) is 103 Å². The molecule has 2 heterocycles. The summed E-state index contributed by atoms with van der Waals surface area (Å²) in [6, 6.07) is 60.7. The van der Waals surface area contributed by atoms with Gasteiger partial charge in [-0.1, -0.05) is 135 Å². The van der Waals surface area contributed by atoms with Gasteiger partial charge in [0.2, 0.25) is 0 Å². The second kappa shape index (κ2) is 11.6. The van der Waals surface area contributed by atoms with Gasteiger partial charge in [-0.15, -0.1) is 0 Å². The first-order valence-corrected chi connectivity index (χ1v) is 18.6. The number of para-hydroxylation sites is 1. The molecule has 0 bridgehead atoms. The Kier molecular flexibility index (Phi) is 6.60. The lowest BCUT2D eigenvalue weighted by Crippen LogP contribution is -2.14. The van der Waals surface area contributed by atoms with Gasteiger partial charge in [0.25, 0.3) is 0 Å². The van der Waals surface area contributed by atoms with Crippen LogP contribution >= 0.6 is 0 Å². The lowest BCUT2D eigenvalue weighted by atomic mass is 9.81. The van der Waals surface area contributed by atoms with Crippen molar-refractivity contribution in [3.63, 3.8) is 0 Å². The molecule has 2 aromatic heterocycles. The Morgan fingerprint density at radius 2 is 1.06 bits per heavy atom. The van der Waals surface area contributed by atoms with Crippen LogP contribution in [0, 0.1) is 0 Å². The van der Waals surface area contributed by atoms with E-state index in [2.05, 4.69) is 166 Å². The first kappa shape index (κ1) is 30.8. The molecule has 3 nitrogen and oxygen atoms in total. The van der Waals surface area contributed by atoms with E-state index in [-0.39, 0.29) is 5.41 Å². The number of furan rings is 1. The Labute approximate surface area is 313 Å². The maximum Gasteiger partial charge on any atom is 0.160 e. The Morgan fingerprint density at radius 3 is 1.91 bits per heavy atom. The maximum absolute atomic E-state index is 6.21. The van der Waals surface area contributed by atoms with E-state index in [1.807, 2.05) is 18.2 Å². The summed E-state index contributed by atoms with van der Waals surface area (Å²) in [6.07, 6.45) is 0. The third-order valence-corrected chi connectivity index (χ3v) is 11.4. The number of benzene rings is 8. The fourth-order valence-corrected chi connectivity index (χ4v) is 8.63. The van der Waals surface area contributed by atoms with Crippen LogP contribution in [-0.2, 0) is 5.41 Å². The first-order valence-electron chi connectivity index (χ1n) is 18.6. The molecular formula is C51H34N2O. The first-order chi connectivity index (χ1) is 26.5. The number of fused-ring (bicyclic) bond motifs is 8. The van der Waals surface area contributed by atoms with Crippen LogP contribution in [-0.4, -0.2) is 9.97 Å². The van der Waals surface area contributed by atoms with Gasteiger partial charge >= 0.3 is 0 Å². The van der Waals surface area contributed by atoms with E-state index >= 15 is 0 Å².